The quantitative estimate of drug-likeness (QED) is 0.526. The maximum absolute atomic E-state index is 14.3. The SMILES string of the molecule is Cc1cccc(-c2[nH]ncc2-c2ccc(F)c(-c3cnc(CO)[nH]3)c2)n1. The number of hydrogen-bond acceptors (Lipinski definition) is 4. The van der Waals surface area contributed by atoms with Gasteiger partial charge in [0.15, 0.2) is 0 Å². The second kappa shape index (κ2) is 6.53. The summed E-state index contributed by atoms with van der Waals surface area (Å²) in [6.07, 6.45) is 3.20. The van der Waals surface area contributed by atoms with Crippen LogP contribution in [0.4, 0.5) is 4.39 Å². The lowest BCUT2D eigenvalue weighted by Gasteiger charge is -2.07. The molecule has 26 heavy (non-hydrogen) atoms. The highest BCUT2D eigenvalue weighted by molar-refractivity contribution is 5.81. The first-order valence-electron chi connectivity index (χ1n) is 8.08. The Bertz CT molecular complexity index is 1070. The van der Waals surface area contributed by atoms with E-state index >= 15 is 0 Å². The number of pyridine rings is 1. The van der Waals surface area contributed by atoms with Gasteiger partial charge in [-0.25, -0.2) is 9.37 Å². The fraction of sp³-hybridized carbons (Fsp3) is 0.105. The predicted octanol–water partition coefficient (Wildman–Crippen LogP) is 3.47. The molecule has 0 saturated heterocycles. The Morgan fingerprint density at radius 3 is 2.77 bits per heavy atom. The van der Waals surface area contributed by atoms with E-state index in [-0.39, 0.29) is 12.4 Å². The summed E-state index contributed by atoms with van der Waals surface area (Å²) < 4.78 is 14.3. The normalized spacial score (nSPS) is 11.0. The molecule has 3 aromatic heterocycles. The van der Waals surface area contributed by atoms with Crippen LogP contribution < -0.4 is 0 Å². The second-order valence-corrected chi connectivity index (χ2v) is 5.92. The highest BCUT2D eigenvalue weighted by Crippen LogP contribution is 2.32. The lowest BCUT2D eigenvalue weighted by atomic mass is 10.0. The number of benzene rings is 1. The summed E-state index contributed by atoms with van der Waals surface area (Å²) in [5, 5.41) is 16.3. The summed E-state index contributed by atoms with van der Waals surface area (Å²) in [6, 6.07) is 10.6. The van der Waals surface area contributed by atoms with Gasteiger partial charge in [0.2, 0.25) is 0 Å². The van der Waals surface area contributed by atoms with Crippen LogP contribution in [0.3, 0.4) is 0 Å². The predicted molar refractivity (Wildman–Crippen MR) is 95.5 cm³/mol. The van der Waals surface area contributed by atoms with Crippen molar-refractivity contribution in [3.63, 3.8) is 0 Å². The van der Waals surface area contributed by atoms with Crippen LogP contribution in [0.5, 0.6) is 0 Å². The second-order valence-electron chi connectivity index (χ2n) is 5.92. The van der Waals surface area contributed by atoms with Crippen molar-refractivity contribution in [1.82, 2.24) is 25.1 Å². The zero-order valence-electron chi connectivity index (χ0n) is 14.0. The zero-order chi connectivity index (χ0) is 18.1. The molecular formula is C19H16FN5O. The van der Waals surface area contributed by atoms with Gasteiger partial charge in [0.05, 0.1) is 29.5 Å². The Labute approximate surface area is 148 Å². The van der Waals surface area contributed by atoms with Crippen molar-refractivity contribution < 1.29 is 9.50 Å². The molecule has 4 aromatic rings. The maximum atomic E-state index is 14.3. The van der Waals surface area contributed by atoms with Crippen LogP contribution in [-0.4, -0.2) is 30.3 Å². The number of imidazole rings is 1. The Morgan fingerprint density at radius 2 is 2.00 bits per heavy atom. The number of halogens is 1. The van der Waals surface area contributed by atoms with Gasteiger partial charge in [0, 0.05) is 16.8 Å². The summed E-state index contributed by atoms with van der Waals surface area (Å²) >= 11 is 0. The number of aromatic nitrogens is 5. The molecule has 0 aliphatic rings. The van der Waals surface area contributed by atoms with Crippen molar-refractivity contribution in [3.05, 3.63) is 66.1 Å². The lowest BCUT2D eigenvalue weighted by molar-refractivity contribution is 0.272. The number of nitrogens with zero attached hydrogens (tertiary/aromatic N) is 3. The van der Waals surface area contributed by atoms with E-state index in [4.69, 9.17) is 5.11 Å². The summed E-state index contributed by atoms with van der Waals surface area (Å²) in [5.41, 5.74) is 4.95. The van der Waals surface area contributed by atoms with Gasteiger partial charge in [-0.3, -0.25) is 10.1 Å². The van der Waals surface area contributed by atoms with Crippen molar-refractivity contribution in [2.75, 3.05) is 0 Å². The minimum atomic E-state index is -0.374. The first-order valence-corrected chi connectivity index (χ1v) is 8.08. The average molecular weight is 349 g/mol. The lowest BCUT2D eigenvalue weighted by Crippen LogP contribution is -1.91. The van der Waals surface area contributed by atoms with Gasteiger partial charge in [-0.1, -0.05) is 12.1 Å². The number of nitrogens with one attached hydrogen (secondary N) is 2. The van der Waals surface area contributed by atoms with Crippen LogP contribution in [0.2, 0.25) is 0 Å². The van der Waals surface area contributed by atoms with Crippen LogP contribution in [0.25, 0.3) is 33.8 Å². The fourth-order valence-electron chi connectivity index (χ4n) is 2.86. The minimum absolute atomic E-state index is 0.230. The van der Waals surface area contributed by atoms with E-state index in [0.29, 0.717) is 17.1 Å². The summed E-state index contributed by atoms with van der Waals surface area (Å²) in [7, 11) is 0. The molecule has 3 N–H and O–H groups in total. The molecule has 0 radical (unpaired) electrons. The molecule has 0 saturated carbocycles. The van der Waals surface area contributed by atoms with Crippen LogP contribution in [-0.2, 0) is 6.61 Å². The van der Waals surface area contributed by atoms with Crippen LogP contribution in [0.1, 0.15) is 11.5 Å². The van der Waals surface area contributed by atoms with Crippen molar-refractivity contribution in [2.45, 2.75) is 13.5 Å². The van der Waals surface area contributed by atoms with E-state index in [1.807, 2.05) is 25.1 Å². The molecular weight excluding hydrogens is 333 g/mol. The van der Waals surface area contributed by atoms with Crippen LogP contribution >= 0.6 is 0 Å². The number of aliphatic hydroxyl groups is 1. The average Bonchev–Trinajstić information content (AvgIpc) is 3.31. The third-order valence-corrected chi connectivity index (χ3v) is 4.13. The van der Waals surface area contributed by atoms with E-state index in [0.717, 1.165) is 28.2 Å². The molecule has 4 rings (SSSR count). The maximum Gasteiger partial charge on any atom is 0.132 e. The summed E-state index contributed by atoms with van der Waals surface area (Å²) in [6.45, 7) is 1.69. The van der Waals surface area contributed by atoms with Gasteiger partial charge in [-0.05, 0) is 36.8 Å². The van der Waals surface area contributed by atoms with E-state index in [1.54, 1.807) is 18.3 Å². The van der Waals surface area contributed by atoms with Gasteiger partial charge in [-0.15, -0.1) is 0 Å². The largest absolute Gasteiger partial charge is 0.388 e. The molecule has 0 aliphatic heterocycles. The number of aliphatic hydroxyl groups excluding tert-OH is 1. The van der Waals surface area contributed by atoms with E-state index < -0.39 is 0 Å². The minimum Gasteiger partial charge on any atom is -0.388 e. The van der Waals surface area contributed by atoms with E-state index in [1.165, 1.54) is 12.3 Å². The topological polar surface area (TPSA) is 90.5 Å². The summed E-state index contributed by atoms with van der Waals surface area (Å²) in [5.74, 6) is 0.0124. The van der Waals surface area contributed by atoms with Gasteiger partial charge >= 0.3 is 0 Å². The van der Waals surface area contributed by atoms with Crippen molar-refractivity contribution >= 4 is 0 Å². The monoisotopic (exact) mass is 349 g/mol. The zero-order valence-corrected chi connectivity index (χ0v) is 14.0. The number of aryl methyl sites for hydroxylation is 1. The Hall–Kier alpha value is -3.32. The van der Waals surface area contributed by atoms with Crippen molar-refractivity contribution in [3.8, 4) is 33.8 Å². The molecule has 0 unspecified atom stereocenters. The van der Waals surface area contributed by atoms with E-state index in [9.17, 15) is 4.39 Å². The number of rotatable bonds is 4. The number of aromatic amines is 2. The highest BCUT2D eigenvalue weighted by atomic mass is 19.1. The van der Waals surface area contributed by atoms with Gasteiger partial charge in [0.1, 0.15) is 18.2 Å². The van der Waals surface area contributed by atoms with Crippen molar-refractivity contribution in [1.29, 1.82) is 0 Å². The molecule has 0 spiro atoms. The molecule has 7 heteroatoms. The molecule has 0 bridgehead atoms. The van der Waals surface area contributed by atoms with Crippen LogP contribution in [0.15, 0.2) is 48.8 Å². The number of H-pyrrole nitrogens is 2. The number of hydrogen-bond donors (Lipinski definition) is 3. The molecule has 0 fully saturated rings. The van der Waals surface area contributed by atoms with Crippen molar-refractivity contribution in [2.24, 2.45) is 0 Å². The van der Waals surface area contributed by atoms with Gasteiger partial charge in [0.25, 0.3) is 0 Å². The Balaban J connectivity index is 1.81. The smallest absolute Gasteiger partial charge is 0.132 e. The Morgan fingerprint density at radius 1 is 1.12 bits per heavy atom. The molecule has 130 valence electrons. The molecule has 6 nitrogen and oxygen atoms in total. The molecule has 3 heterocycles. The third kappa shape index (κ3) is 2.89. The van der Waals surface area contributed by atoms with Gasteiger partial charge < -0.3 is 10.1 Å². The highest BCUT2D eigenvalue weighted by Gasteiger charge is 2.15. The molecule has 1 aromatic carbocycles. The standard InChI is InChI=1S/C19H16FN5O/c1-11-3-2-4-16(23-11)19-14(8-22-25-19)12-5-6-15(20)13(7-12)17-9-21-18(10-26)24-17/h2-9,26H,10H2,1H3,(H,21,24)(H,22,25). The van der Waals surface area contributed by atoms with Gasteiger partial charge in [-0.2, -0.15) is 5.10 Å². The van der Waals surface area contributed by atoms with Crippen LogP contribution in [0, 0.1) is 12.7 Å². The summed E-state index contributed by atoms with van der Waals surface area (Å²) in [4.78, 5) is 11.5. The molecule has 0 amide bonds. The van der Waals surface area contributed by atoms with E-state index in [2.05, 4.69) is 25.1 Å². The fourth-order valence-corrected chi connectivity index (χ4v) is 2.86. The first-order chi connectivity index (χ1) is 12.7. The third-order valence-electron chi connectivity index (χ3n) is 4.13. The molecule has 0 atom stereocenters. The molecule has 0 aliphatic carbocycles. The first kappa shape index (κ1) is 16.2. The Kier molecular flexibility index (Phi) is 4.06.